The third-order valence-electron chi connectivity index (χ3n) is 3.63. The summed E-state index contributed by atoms with van der Waals surface area (Å²) in [6.45, 7) is -0.0396. The van der Waals surface area contributed by atoms with Crippen LogP contribution in [0.3, 0.4) is 0 Å². The van der Waals surface area contributed by atoms with Gasteiger partial charge in [-0.05, 0) is 11.6 Å². The summed E-state index contributed by atoms with van der Waals surface area (Å²) in [7, 11) is 1.33. The highest BCUT2D eigenvalue weighted by Crippen LogP contribution is 2.24. The SMILES string of the molecule is COc1ccc([N+](=O)[O-])cc1C(=O)OCC(=O)NCCSCc1ccccc1. The van der Waals surface area contributed by atoms with Gasteiger partial charge in [-0.25, -0.2) is 4.79 Å². The number of thioether (sulfide) groups is 1. The van der Waals surface area contributed by atoms with Gasteiger partial charge >= 0.3 is 5.97 Å². The normalized spacial score (nSPS) is 10.2. The van der Waals surface area contributed by atoms with Gasteiger partial charge in [0, 0.05) is 30.2 Å². The molecule has 0 saturated carbocycles. The van der Waals surface area contributed by atoms with E-state index in [1.54, 1.807) is 11.8 Å². The van der Waals surface area contributed by atoms with Crippen LogP contribution in [0.1, 0.15) is 15.9 Å². The fourth-order valence-electron chi connectivity index (χ4n) is 2.26. The fraction of sp³-hybridized carbons (Fsp3) is 0.263. The van der Waals surface area contributed by atoms with Gasteiger partial charge in [0.15, 0.2) is 6.61 Å². The van der Waals surface area contributed by atoms with Crippen molar-refractivity contribution in [2.45, 2.75) is 5.75 Å². The Labute approximate surface area is 166 Å². The molecule has 148 valence electrons. The van der Waals surface area contributed by atoms with Crippen molar-refractivity contribution in [3.63, 3.8) is 0 Å². The molecule has 2 aromatic carbocycles. The van der Waals surface area contributed by atoms with E-state index >= 15 is 0 Å². The van der Waals surface area contributed by atoms with Crippen LogP contribution >= 0.6 is 11.8 Å². The maximum atomic E-state index is 12.1. The lowest BCUT2D eigenvalue weighted by molar-refractivity contribution is -0.384. The van der Waals surface area contributed by atoms with Crippen molar-refractivity contribution >= 4 is 29.3 Å². The first kappa shape index (κ1) is 21.2. The molecule has 28 heavy (non-hydrogen) atoms. The molecule has 0 bridgehead atoms. The van der Waals surface area contributed by atoms with Crippen LogP contribution in [0.2, 0.25) is 0 Å². The number of benzene rings is 2. The number of rotatable bonds is 10. The molecule has 2 rings (SSSR count). The molecule has 0 heterocycles. The molecule has 0 aromatic heterocycles. The van der Waals surface area contributed by atoms with Crippen LogP contribution in [-0.4, -0.2) is 42.8 Å². The van der Waals surface area contributed by atoms with Crippen molar-refractivity contribution in [3.8, 4) is 5.75 Å². The van der Waals surface area contributed by atoms with Crippen LogP contribution in [0.15, 0.2) is 48.5 Å². The molecule has 0 atom stereocenters. The van der Waals surface area contributed by atoms with E-state index < -0.39 is 23.4 Å². The fourth-order valence-corrected chi connectivity index (χ4v) is 3.07. The summed E-state index contributed by atoms with van der Waals surface area (Å²) < 4.78 is 9.94. The van der Waals surface area contributed by atoms with Crippen LogP contribution in [0, 0.1) is 10.1 Å². The Morgan fingerprint density at radius 1 is 1.18 bits per heavy atom. The Balaban J connectivity index is 1.74. The standard InChI is InChI=1S/C19H20N2O6S/c1-26-17-8-7-15(21(24)25)11-16(17)19(23)27-12-18(22)20-9-10-28-13-14-5-3-2-4-6-14/h2-8,11H,9-10,12-13H2,1H3,(H,20,22). The first-order chi connectivity index (χ1) is 13.5. The number of nitro benzene ring substituents is 1. The van der Waals surface area contributed by atoms with Crippen molar-refractivity contribution in [3.05, 3.63) is 69.8 Å². The number of hydrogen-bond acceptors (Lipinski definition) is 7. The van der Waals surface area contributed by atoms with Crippen LogP contribution in [0.25, 0.3) is 0 Å². The number of nitrogens with zero attached hydrogens (tertiary/aromatic N) is 1. The van der Waals surface area contributed by atoms with Crippen molar-refractivity contribution < 1.29 is 24.0 Å². The number of non-ortho nitro benzene ring substituents is 1. The van der Waals surface area contributed by atoms with Crippen molar-refractivity contribution in [2.24, 2.45) is 0 Å². The van der Waals surface area contributed by atoms with Crippen LogP contribution < -0.4 is 10.1 Å². The van der Waals surface area contributed by atoms with Gasteiger partial charge in [-0.3, -0.25) is 14.9 Å². The second-order valence-electron chi connectivity index (χ2n) is 5.61. The molecule has 8 nitrogen and oxygen atoms in total. The summed E-state index contributed by atoms with van der Waals surface area (Å²) >= 11 is 1.68. The maximum absolute atomic E-state index is 12.1. The molecule has 0 fully saturated rings. The van der Waals surface area contributed by atoms with E-state index in [1.807, 2.05) is 30.3 Å². The molecule has 0 radical (unpaired) electrons. The quantitative estimate of drug-likeness (QED) is 0.281. The molecule has 0 saturated heterocycles. The lowest BCUT2D eigenvalue weighted by Crippen LogP contribution is -2.30. The van der Waals surface area contributed by atoms with Gasteiger partial charge in [-0.2, -0.15) is 11.8 Å². The van der Waals surface area contributed by atoms with E-state index in [2.05, 4.69) is 5.32 Å². The summed E-state index contributed by atoms with van der Waals surface area (Å²) in [5, 5.41) is 13.5. The van der Waals surface area contributed by atoms with Gasteiger partial charge in [-0.15, -0.1) is 0 Å². The zero-order chi connectivity index (χ0) is 20.4. The predicted octanol–water partition coefficient (Wildman–Crippen LogP) is 2.81. The molecule has 1 N–H and O–H groups in total. The zero-order valence-electron chi connectivity index (χ0n) is 15.3. The molecule has 9 heteroatoms. The number of carbonyl (C=O) groups excluding carboxylic acids is 2. The summed E-state index contributed by atoms with van der Waals surface area (Å²) in [5.41, 5.74) is 0.828. The molecular formula is C19H20N2O6S. The minimum absolute atomic E-state index is 0.108. The number of nitrogens with one attached hydrogen (secondary N) is 1. The Bertz CT molecular complexity index is 828. The number of hydrogen-bond donors (Lipinski definition) is 1. The Morgan fingerprint density at radius 3 is 2.61 bits per heavy atom. The van der Waals surface area contributed by atoms with Crippen molar-refractivity contribution in [1.29, 1.82) is 0 Å². The summed E-state index contributed by atoms with van der Waals surface area (Å²) in [5.74, 6) is 0.381. The first-order valence-electron chi connectivity index (χ1n) is 8.39. The second-order valence-corrected chi connectivity index (χ2v) is 6.71. The minimum atomic E-state index is -0.867. The first-order valence-corrected chi connectivity index (χ1v) is 9.54. The van der Waals surface area contributed by atoms with Gasteiger partial charge in [-0.1, -0.05) is 30.3 Å². The van der Waals surface area contributed by atoms with E-state index in [9.17, 15) is 19.7 Å². The van der Waals surface area contributed by atoms with E-state index in [4.69, 9.17) is 9.47 Å². The number of carbonyl (C=O) groups is 2. The number of ether oxygens (including phenoxy) is 2. The third kappa shape index (κ3) is 6.58. The van der Waals surface area contributed by atoms with Crippen molar-refractivity contribution in [2.75, 3.05) is 26.0 Å². The van der Waals surface area contributed by atoms with Crippen LogP contribution in [0.5, 0.6) is 5.75 Å². The molecule has 0 aliphatic heterocycles. The highest BCUT2D eigenvalue weighted by atomic mass is 32.2. The monoisotopic (exact) mass is 404 g/mol. The molecule has 0 aliphatic rings. The van der Waals surface area contributed by atoms with E-state index in [1.165, 1.54) is 24.8 Å². The summed E-state index contributed by atoms with van der Waals surface area (Å²) in [4.78, 5) is 34.2. The lowest BCUT2D eigenvalue weighted by Gasteiger charge is -2.09. The Morgan fingerprint density at radius 2 is 1.93 bits per heavy atom. The number of nitro groups is 1. The van der Waals surface area contributed by atoms with E-state index in [0.29, 0.717) is 12.3 Å². The van der Waals surface area contributed by atoms with Gasteiger partial charge < -0.3 is 14.8 Å². The van der Waals surface area contributed by atoms with Crippen LogP contribution in [-0.2, 0) is 15.3 Å². The number of amides is 1. The largest absolute Gasteiger partial charge is 0.496 e. The van der Waals surface area contributed by atoms with Crippen molar-refractivity contribution in [1.82, 2.24) is 5.32 Å². The third-order valence-corrected chi connectivity index (χ3v) is 4.66. The Hall–Kier alpha value is -3.07. The van der Waals surface area contributed by atoms with Crippen LogP contribution in [0.4, 0.5) is 5.69 Å². The summed E-state index contributed by atoms with van der Waals surface area (Å²) in [6, 6.07) is 13.6. The van der Waals surface area contributed by atoms with Gasteiger partial charge in [0.2, 0.25) is 0 Å². The predicted molar refractivity (Wildman–Crippen MR) is 106 cm³/mol. The van der Waals surface area contributed by atoms with Gasteiger partial charge in [0.25, 0.3) is 11.6 Å². The zero-order valence-corrected chi connectivity index (χ0v) is 16.1. The molecular weight excluding hydrogens is 384 g/mol. The Kier molecular flexibility index (Phi) is 8.29. The minimum Gasteiger partial charge on any atom is -0.496 e. The number of esters is 1. The average molecular weight is 404 g/mol. The van der Waals surface area contributed by atoms with E-state index in [0.717, 1.165) is 11.8 Å². The molecule has 0 spiro atoms. The van der Waals surface area contributed by atoms with Gasteiger partial charge in [0.05, 0.1) is 12.0 Å². The lowest BCUT2D eigenvalue weighted by atomic mass is 10.2. The second kappa shape index (κ2) is 10.9. The molecule has 0 aliphatic carbocycles. The molecule has 0 unspecified atom stereocenters. The smallest absolute Gasteiger partial charge is 0.342 e. The molecule has 1 amide bonds. The topological polar surface area (TPSA) is 108 Å². The van der Waals surface area contributed by atoms with Gasteiger partial charge in [0.1, 0.15) is 11.3 Å². The highest BCUT2D eigenvalue weighted by molar-refractivity contribution is 7.98. The maximum Gasteiger partial charge on any atom is 0.342 e. The van der Waals surface area contributed by atoms with E-state index in [-0.39, 0.29) is 17.0 Å². The highest BCUT2D eigenvalue weighted by Gasteiger charge is 2.19. The average Bonchev–Trinajstić information content (AvgIpc) is 2.71. The number of methoxy groups -OCH3 is 1. The molecule has 2 aromatic rings. The summed E-state index contributed by atoms with van der Waals surface area (Å²) in [6.07, 6.45) is 0.